The molecule has 5 heteroatoms. The topological polar surface area (TPSA) is 69.6 Å². The van der Waals surface area contributed by atoms with Gasteiger partial charge in [0.15, 0.2) is 0 Å². The van der Waals surface area contributed by atoms with E-state index in [9.17, 15) is 9.59 Å². The minimum absolute atomic E-state index is 0.0151. The zero-order valence-electron chi connectivity index (χ0n) is 11.4. The number of rotatable bonds is 4. The van der Waals surface area contributed by atoms with Crippen LogP contribution in [-0.2, 0) is 4.79 Å². The number of terminal acetylenes is 1. The van der Waals surface area contributed by atoms with Crippen LogP contribution < -0.4 is 5.32 Å². The third-order valence-corrected chi connectivity index (χ3v) is 3.48. The first kappa shape index (κ1) is 15.4. The quantitative estimate of drug-likeness (QED) is 0.601. The van der Waals surface area contributed by atoms with Crippen LogP contribution in [0.25, 0.3) is 0 Å². The highest BCUT2D eigenvalue weighted by Crippen LogP contribution is 2.22. The van der Waals surface area contributed by atoms with Crippen LogP contribution in [0.2, 0.25) is 0 Å². The fourth-order valence-electron chi connectivity index (χ4n) is 2.37. The molecule has 106 valence electrons. The average molecular weight is 266 g/mol. The lowest BCUT2D eigenvalue weighted by atomic mass is 10.0. The highest BCUT2D eigenvalue weighted by atomic mass is 16.4. The SMILES string of the molecule is C#CCN(CC(=O)O)C(=O)NC1CCCC(C)CC1. The number of carbonyl (C=O) groups excluding carboxylic acids is 1. The van der Waals surface area contributed by atoms with Crippen LogP contribution in [0, 0.1) is 18.3 Å². The molecule has 2 amide bonds. The Kier molecular flexibility index (Phi) is 6.20. The van der Waals surface area contributed by atoms with Crippen molar-refractivity contribution in [3.05, 3.63) is 0 Å². The molecule has 5 nitrogen and oxygen atoms in total. The van der Waals surface area contributed by atoms with Crippen LogP contribution in [0.5, 0.6) is 0 Å². The summed E-state index contributed by atoms with van der Waals surface area (Å²) in [5, 5.41) is 11.7. The number of carboxylic acids is 1. The Balaban J connectivity index is 2.50. The van der Waals surface area contributed by atoms with Crippen molar-refractivity contribution in [2.75, 3.05) is 13.1 Å². The molecule has 0 radical (unpaired) electrons. The summed E-state index contributed by atoms with van der Waals surface area (Å²) >= 11 is 0. The predicted octanol–water partition coefficient (Wildman–Crippen LogP) is 1.68. The van der Waals surface area contributed by atoms with Gasteiger partial charge in [0.1, 0.15) is 6.54 Å². The summed E-state index contributed by atoms with van der Waals surface area (Å²) < 4.78 is 0. The van der Waals surface area contributed by atoms with Crippen molar-refractivity contribution in [3.63, 3.8) is 0 Å². The molecular formula is C14H22N2O3. The standard InChI is InChI=1S/C14H22N2O3/c1-3-9-16(10-13(17)18)14(19)15-12-6-4-5-11(2)7-8-12/h1,11-12H,4-10H2,2H3,(H,15,19)(H,17,18). The number of hydrogen-bond donors (Lipinski definition) is 2. The van der Waals surface area contributed by atoms with E-state index in [1.54, 1.807) is 0 Å². The lowest BCUT2D eigenvalue weighted by Crippen LogP contribution is -2.46. The molecule has 1 saturated carbocycles. The summed E-state index contributed by atoms with van der Waals surface area (Å²) in [5.74, 6) is 1.95. The number of amides is 2. The molecule has 0 aromatic carbocycles. The number of aliphatic carboxylic acids is 1. The van der Waals surface area contributed by atoms with Crippen molar-refractivity contribution in [1.29, 1.82) is 0 Å². The van der Waals surface area contributed by atoms with Crippen molar-refractivity contribution in [3.8, 4) is 12.3 Å². The van der Waals surface area contributed by atoms with E-state index in [0.717, 1.165) is 30.6 Å². The second kappa shape index (κ2) is 7.67. The normalized spacial score (nSPS) is 22.9. The molecular weight excluding hydrogens is 244 g/mol. The van der Waals surface area contributed by atoms with E-state index in [2.05, 4.69) is 18.2 Å². The van der Waals surface area contributed by atoms with Gasteiger partial charge in [-0.2, -0.15) is 0 Å². The Morgan fingerprint density at radius 2 is 2.11 bits per heavy atom. The van der Waals surface area contributed by atoms with Crippen LogP contribution in [0.4, 0.5) is 4.79 Å². The van der Waals surface area contributed by atoms with Gasteiger partial charge >= 0.3 is 12.0 Å². The maximum Gasteiger partial charge on any atom is 0.323 e. The Hall–Kier alpha value is -1.70. The number of carbonyl (C=O) groups is 2. The fourth-order valence-corrected chi connectivity index (χ4v) is 2.37. The van der Waals surface area contributed by atoms with E-state index < -0.39 is 5.97 Å². The van der Waals surface area contributed by atoms with Gasteiger partial charge < -0.3 is 15.3 Å². The van der Waals surface area contributed by atoms with E-state index >= 15 is 0 Å². The molecule has 0 spiro atoms. The second-order valence-electron chi connectivity index (χ2n) is 5.21. The summed E-state index contributed by atoms with van der Waals surface area (Å²) in [6, 6.07) is -0.244. The highest BCUT2D eigenvalue weighted by Gasteiger charge is 2.21. The lowest BCUT2D eigenvalue weighted by molar-refractivity contribution is -0.137. The molecule has 19 heavy (non-hydrogen) atoms. The van der Waals surface area contributed by atoms with Gasteiger partial charge in [0.2, 0.25) is 0 Å². The molecule has 2 N–H and O–H groups in total. The Bertz CT molecular complexity index is 362. The molecule has 2 atom stereocenters. The summed E-state index contributed by atoms with van der Waals surface area (Å²) in [6.07, 6.45) is 10.4. The fraction of sp³-hybridized carbons (Fsp3) is 0.714. The summed E-state index contributed by atoms with van der Waals surface area (Å²) in [6.45, 7) is 1.87. The Morgan fingerprint density at radius 1 is 1.37 bits per heavy atom. The van der Waals surface area contributed by atoms with Gasteiger partial charge in [0.05, 0.1) is 6.54 Å². The molecule has 2 unspecified atom stereocenters. The van der Waals surface area contributed by atoms with Crippen molar-refractivity contribution in [2.24, 2.45) is 5.92 Å². The largest absolute Gasteiger partial charge is 0.480 e. The van der Waals surface area contributed by atoms with Gasteiger partial charge in [-0.25, -0.2) is 4.79 Å². The number of nitrogens with one attached hydrogen (secondary N) is 1. The molecule has 0 heterocycles. The van der Waals surface area contributed by atoms with Crippen molar-refractivity contribution >= 4 is 12.0 Å². The molecule has 0 aliphatic heterocycles. The highest BCUT2D eigenvalue weighted by molar-refractivity contribution is 5.80. The zero-order chi connectivity index (χ0) is 14.3. The molecule has 1 rings (SSSR count). The molecule has 1 fully saturated rings. The Morgan fingerprint density at radius 3 is 2.74 bits per heavy atom. The van der Waals surface area contributed by atoms with E-state index in [-0.39, 0.29) is 25.2 Å². The van der Waals surface area contributed by atoms with E-state index in [1.807, 2.05) is 0 Å². The molecule has 0 saturated heterocycles. The van der Waals surface area contributed by atoms with Crippen molar-refractivity contribution in [1.82, 2.24) is 10.2 Å². The zero-order valence-corrected chi connectivity index (χ0v) is 11.4. The third kappa shape index (κ3) is 5.64. The van der Waals surface area contributed by atoms with E-state index in [1.165, 1.54) is 6.42 Å². The monoisotopic (exact) mass is 266 g/mol. The average Bonchev–Trinajstić information content (AvgIpc) is 2.53. The molecule has 0 bridgehead atoms. The molecule has 1 aliphatic rings. The number of urea groups is 1. The maximum absolute atomic E-state index is 12.0. The number of nitrogens with zero attached hydrogens (tertiary/aromatic N) is 1. The van der Waals surface area contributed by atoms with Gasteiger partial charge in [-0.1, -0.05) is 25.7 Å². The Labute approximate surface area is 114 Å². The van der Waals surface area contributed by atoms with Crippen LogP contribution in [0.1, 0.15) is 39.0 Å². The van der Waals surface area contributed by atoms with E-state index in [4.69, 9.17) is 11.5 Å². The van der Waals surface area contributed by atoms with Crippen molar-refractivity contribution < 1.29 is 14.7 Å². The van der Waals surface area contributed by atoms with Gasteiger partial charge in [0, 0.05) is 6.04 Å². The van der Waals surface area contributed by atoms with Crippen LogP contribution in [-0.4, -0.2) is 41.1 Å². The van der Waals surface area contributed by atoms with Gasteiger partial charge in [-0.3, -0.25) is 4.79 Å². The number of hydrogen-bond acceptors (Lipinski definition) is 2. The summed E-state index contributed by atoms with van der Waals surface area (Å²) in [4.78, 5) is 23.8. The first-order valence-electron chi connectivity index (χ1n) is 6.73. The first-order valence-corrected chi connectivity index (χ1v) is 6.73. The minimum Gasteiger partial charge on any atom is -0.480 e. The number of carboxylic acid groups (broad SMARTS) is 1. The van der Waals surface area contributed by atoms with Gasteiger partial charge in [-0.05, 0) is 25.2 Å². The van der Waals surface area contributed by atoms with Gasteiger partial charge in [-0.15, -0.1) is 6.42 Å². The third-order valence-electron chi connectivity index (χ3n) is 3.48. The van der Waals surface area contributed by atoms with Gasteiger partial charge in [0.25, 0.3) is 0 Å². The summed E-state index contributed by atoms with van der Waals surface area (Å²) in [5.41, 5.74) is 0. The van der Waals surface area contributed by atoms with Crippen LogP contribution in [0.3, 0.4) is 0 Å². The van der Waals surface area contributed by atoms with Crippen LogP contribution >= 0.6 is 0 Å². The maximum atomic E-state index is 12.0. The predicted molar refractivity (Wildman–Crippen MR) is 72.6 cm³/mol. The van der Waals surface area contributed by atoms with Crippen molar-refractivity contribution in [2.45, 2.75) is 45.1 Å². The summed E-state index contributed by atoms with van der Waals surface area (Å²) in [7, 11) is 0. The second-order valence-corrected chi connectivity index (χ2v) is 5.21. The molecule has 0 aromatic heterocycles. The van der Waals surface area contributed by atoms with Crippen LogP contribution in [0.15, 0.2) is 0 Å². The first-order chi connectivity index (χ1) is 9.02. The molecule has 1 aliphatic carbocycles. The smallest absolute Gasteiger partial charge is 0.323 e. The minimum atomic E-state index is -1.06. The lowest BCUT2D eigenvalue weighted by Gasteiger charge is -2.23. The van der Waals surface area contributed by atoms with E-state index in [0.29, 0.717) is 5.92 Å². The molecule has 0 aromatic rings.